The zero-order chi connectivity index (χ0) is 11.3. The fourth-order valence-corrected chi connectivity index (χ4v) is 1.90. The molecule has 3 N–H and O–H groups in total. The number of nitrogens with one attached hydrogen (secondary N) is 3. The van der Waals surface area contributed by atoms with Crippen molar-refractivity contribution in [2.24, 2.45) is 0 Å². The van der Waals surface area contributed by atoms with Crippen molar-refractivity contribution in [1.82, 2.24) is 15.4 Å². The number of rotatable bonds is 6. The molecule has 1 aliphatic heterocycles. The third-order valence-corrected chi connectivity index (χ3v) is 2.87. The number of carbonyl (C=O) groups excluding carboxylic acids is 1. The van der Waals surface area contributed by atoms with E-state index in [1.807, 2.05) is 0 Å². The molecule has 1 fully saturated rings. The molecule has 88 valence electrons. The minimum Gasteiger partial charge on any atom is -0.352 e. The van der Waals surface area contributed by atoms with Crippen LogP contribution in [0.4, 0.5) is 0 Å². The van der Waals surface area contributed by atoms with Crippen molar-refractivity contribution in [2.45, 2.75) is 18.9 Å². The smallest absolute Gasteiger partial charge is 0.220 e. The summed E-state index contributed by atoms with van der Waals surface area (Å²) < 4.78 is 23.8. The maximum Gasteiger partial charge on any atom is 0.220 e. The number of sulfonamides is 1. The third-order valence-electron chi connectivity index (χ3n) is 2.14. The summed E-state index contributed by atoms with van der Waals surface area (Å²) >= 11 is 0. The minimum atomic E-state index is -3.09. The predicted molar refractivity (Wildman–Crippen MR) is 56.9 cm³/mol. The van der Waals surface area contributed by atoms with E-state index >= 15 is 0 Å². The second-order valence-electron chi connectivity index (χ2n) is 3.67. The van der Waals surface area contributed by atoms with Gasteiger partial charge in [0.2, 0.25) is 15.9 Å². The summed E-state index contributed by atoms with van der Waals surface area (Å²) in [6.45, 7) is 1.64. The summed E-state index contributed by atoms with van der Waals surface area (Å²) in [6.07, 6.45) is 2.57. The molecule has 0 bridgehead atoms. The van der Waals surface area contributed by atoms with Gasteiger partial charge in [-0.1, -0.05) is 0 Å². The molecule has 0 spiro atoms. The van der Waals surface area contributed by atoms with Crippen molar-refractivity contribution >= 4 is 15.9 Å². The van der Waals surface area contributed by atoms with Gasteiger partial charge < -0.3 is 10.6 Å². The van der Waals surface area contributed by atoms with Gasteiger partial charge in [0.05, 0.1) is 6.26 Å². The lowest BCUT2D eigenvalue weighted by atomic mass is 10.2. The van der Waals surface area contributed by atoms with Gasteiger partial charge in [0, 0.05) is 32.1 Å². The van der Waals surface area contributed by atoms with Crippen LogP contribution in [0.5, 0.6) is 0 Å². The highest BCUT2D eigenvalue weighted by atomic mass is 32.2. The highest BCUT2D eigenvalue weighted by Crippen LogP contribution is 2.04. The Labute approximate surface area is 89.9 Å². The normalized spacial score (nSPS) is 21.7. The summed E-state index contributed by atoms with van der Waals surface area (Å²) in [4.78, 5) is 10.8. The van der Waals surface area contributed by atoms with E-state index in [9.17, 15) is 13.2 Å². The molecule has 1 rings (SSSR count). The Morgan fingerprint density at radius 3 is 2.73 bits per heavy atom. The molecule has 1 amide bonds. The fraction of sp³-hybridized carbons (Fsp3) is 0.875. The Kier molecular flexibility index (Phi) is 4.49. The second-order valence-corrected chi connectivity index (χ2v) is 5.51. The zero-order valence-corrected chi connectivity index (χ0v) is 9.56. The summed E-state index contributed by atoms with van der Waals surface area (Å²) in [6, 6.07) is 0.190. The molecule has 1 atom stereocenters. The Morgan fingerprint density at radius 2 is 2.20 bits per heavy atom. The van der Waals surface area contributed by atoms with E-state index in [1.54, 1.807) is 0 Å². The summed E-state index contributed by atoms with van der Waals surface area (Å²) in [7, 11) is -3.09. The molecule has 7 heteroatoms. The van der Waals surface area contributed by atoms with E-state index in [-0.39, 0.29) is 11.9 Å². The third kappa shape index (κ3) is 5.71. The van der Waals surface area contributed by atoms with E-state index in [1.165, 1.54) is 0 Å². The quantitative estimate of drug-likeness (QED) is 0.484. The van der Waals surface area contributed by atoms with E-state index < -0.39 is 10.0 Å². The van der Waals surface area contributed by atoms with Crippen LogP contribution in [0.25, 0.3) is 0 Å². The molecule has 6 nitrogen and oxygen atoms in total. The number of hydrogen-bond acceptors (Lipinski definition) is 4. The van der Waals surface area contributed by atoms with Gasteiger partial charge in [-0.15, -0.1) is 0 Å². The maximum atomic E-state index is 10.8. The first-order valence-corrected chi connectivity index (χ1v) is 6.81. The Morgan fingerprint density at radius 1 is 1.47 bits per heavy atom. The first kappa shape index (κ1) is 12.4. The summed E-state index contributed by atoms with van der Waals surface area (Å²) in [5.41, 5.74) is 0. The summed E-state index contributed by atoms with van der Waals surface area (Å²) in [5.74, 6) is 0.0936. The van der Waals surface area contributed by atoms with Crippen molar-refractivity contribution < 1.29 is 13.2 Å². The maximum absolute atomic E-state index is 10.8. The second kappa shape index (κ2) is 5.43. The van der Waals surface area contributed by atoms with Gasteiger partial charge >= 0.3 is 0 Å². The molecular weight excluding hydrogens is 218 g/mol. The molecule has 1 aliphatic rings. The lowest BCUT2D eigenvalue weighted by Crippen LogP contribution is -2.39. The number of hydrogen-bond donors (Lipinski definition) is 3. The summed E-state index contributed by atoms with van der Waals surface area (Å²) in [5, 5.41) is 5.90. The number of amides is 1. The number of carbonyl (C=O) groups is 1. The molecular formula is C8H17N3O3S. The highest BCUT2D eigenvalue weighted by molar-refractivity contribution is 7.88. The van der Waals surface area contributed by atoms with E-state index in [0.29, 0.717) is 26.1 Å². The molecule has 0 aromatic rings. The monoisotopic (exact) mass is 235 g/mol. The predicted octanol–water partition coefficient (Wildman–Crippen LogP) is -1.60. The topological polar surface area (TPSA) is 87.3 Å². The minimum absolute atomic E-state index is 0.0936. The first-order chi connectivity index (χ1) is 6.97. The molecule has 0 saturated carbocycles. The van der Waals surface area contributed by atoms with E-state index in [4.69, 9.17) is 0 Å². The van der Waals surface area contributed by atoms with Gasteiger partial charge in [-0.2, -0.15) is 0 Å². The lowest BCUT2D eigenvalue weighted by molar-refractivity contribution is -0.119. The standard InChI is InChI=1S/C8H17N3O3S/c1-15(13,14)10-5-4-9-6-7-2-3-8(12)11-7/h7,9-10H,2-6H2,1H3,(H,11,12). The van der Waals surface area contributed by atoms with Crippen LogP contribution in [0.1, 0.15) is 12.8 Å². The van der Waals surface area contributed by atoms with Crippen LogP contribution in [-0.4, -0.2) is 46.3 Å². The van der Waals surface area contributed by atoms with Crippen LogP contribution in [-0.2, 0) is 14.8 Å². The SMILES string of the molecule is CS(=O)(=O)NCCNCC1CCC(=O)N1. The van der Waals surface area contributed by atoms with Crippen LogP contribution < -0.4 is 15.4 Å². The molecule has 0 radical (unpaired) electrons. The van der Waals surface area contributed by atoms with Gasteiger partial charge in [0.1, 0.15) is 0 Å². The molecule has 1 heterocycles. The molecule has 1 saturated heterocycles. The van der Waals surface area contributed by atoms with Crippen molar-refractivity contribution in [1.29, 1.82) is 0 Å². The van der Waals surface area contributed by atoms with Gasteiger partial charge in [-0.25, -0.2) is 13.1 Å². The van der Waals surface area contributed by atoms with Gasteiger partial charge in [-0.05, 0) is 6.42 Å². The van der Waals surface area contributed by atoms with Crippen LogP contribution in [0.2, 0.25) is 0 Å². The lowest BCUT2D eigenvalue weighted by Gasteiger charge is -2.10. The zero-order valence-electron chi connectivity index (χ0n) is 8.75. The molecule has 15 heavy (non-hydrogen) atoms. The largest absolute Gasteiger partial charge is 0.352 e. The Bertz CT molecular complexity index is 315. The van der Waals surface area contributed by atoms with Crippen LogP contribution in [0.15, 0.2) is 0 Å². The van der Waals surface area contributed by atoms with Gasteiger partial charge in [0.15, 0.2) is 0 Å². The molecule has 1 unspecified atom stereocenters. The van der Waals surface area contributed by atoms with Crippen molar-refractivity contribution in [3.8, 4) is 0 Å². The van der Waals surface area contributed by atoms with Crippen LogP contribution in [0, 0.1) is 0 Å². The average molecular weight is 235 g/mol. The van der Waals surface area contributed by atoms with Crippen molar-refractivity contribution in [2.75, 3.05) is 25.9 Å². The van der Waals surface area contributed by atoms with Crippen LogP contribution >= 0.6 is 0 Å². The highest BCUT2D eigenvalue weighted by Gasteiger charge is 2.19. The molecule has 0 aromatic heterocycles. The van der Waals surface area contributed by atoms with Crippen molar-refractivity contribution in [3.05, 3.63) is 0 Å². The van der Waals surface area contributed by atoms with Crippen molar-refractivity contribution in [3.63, 3.8) is 0 Å². The van der Waals surface area contributed by atoms with E-state index in [0.717, 1.165) is 12.7 Å². The van der Waals surface area contributed by atoms with Crippen LogP contribution in [0.3, 0.4) is 0 Å². The van der Waals surface area contributed by atoms with Gasteiger partial charge in [0.25, 0.3) is 0 Å². The fourth-order valence-electron chi connectivity index (χ4n) is 1.43. The average Bonchev–Trinajstić information content (AvgIpc) is 2.49. The first-order valence-electron chi connectivity index (χ1n) is 4.92. The van der Waals surface area contributed by atoms with E-state index in [2.05, 4.69) is 15.4 Å². The molecule has 0 aliphatic carbocycles. The Balaban J connectivity index is 2.00. The molecule has 0 aromatic carbocycles. The Hall–Kier alpha value is -0.660. The van der Waals surface area contributed by atoms with Gasteiger partial charge in [-0.3, -0.25) is 4.79 Å².